The van der Waals surface area contributed by atoms with Gasteiger partial charge in [-0.25, -0.2) is 9.78 Å². The van der Waals surface area contributed by atoms with Crippen LogP contribution in [0.1, 0.15) is 53.0 Å². The van der Waals surface area contributed by atoms with E-state index in [4.69, 9.17) is 5.11 Å². The van der Waals surface area contributed by atoms with Crippen molar-refractivity contribution in [3.05, 3.63) is 15.6 Å². The summed E-state index contributed by atoms with van der Waals surface area (Å²) >= 11 is 1.31. The second-order valence-corrected chi connectivity index (χ2v) is 4.72. The van der Waals surface area contributed by atoms with E-state index in [2.05, 4.69) is 11.9 Å². The first-order valence-electron chi connectivity index (χ1n) is 5.34. The van der Waals surface area contributed by atoms with Crippen molar-refractivity contribution in [2.24, 2.45) is 0 Å². The number of hydrogen-bond acceptors (Lipinski definition) is 3. The van der Waals surface area contributed by atoms with Crippen molar-refractivity contribution in [3.63, 3.8) is 0 Å². The van der Waals surface area contributed by atoms with Crippen LogP contribution in [0.15, 0.2) is 0 Å². The van der Waals surface area contributed by atoms with E-state index in [1.807, 2.05) is 0 Å². The van der Waals surface area contributed by atoms with Crippen molar-refractivity contribution < 1.29 is 9.90 Å². The van der Waals surface area contributed by atoms with Crippen LogP contribution in [-0.2, 0) is 6.42 Å². The zero-order valence-corrected chi connectivity index (χ0v) is 10.1. The van der Waals surface area contributed by atoms with Gasteiger partial charge in [-0.15, -0.1) is 11.3 Å². The van der Waals surface area contributed by atoms with E-state index in [-0.39, 0.29) is 0 Å². The van der Waals surface area contributed by atoms with Gasteiger partial charge in [-0.05, 0) is 19.8 Å². The minimum atomic E-state index is -0.857. The summed E-state index contributed by atoms with van der Waals surface area (Å²) in [7, 11) is 0. The van der Waals surface area contributed by atoms with Gasteiger partial charge in [0.25, 0.3) is 0 Å². The maximum Gasteiger partial charge on any atom is 0.347 e. The molecule has 0 bridgehead atoms. The van der Waals surface area contributed by atoms with E-state index in [1.54, 1.807) is 6.92 Å². The number of nitrogens with zero attached hydrogens (tertiary/aromatic N) is 1. The van der Waals surface area contributed by atoms with Gasteiger partial charge in [-0.2, -0.15) is 0 Å². The van der Waals surface area contributed by atoms with Crippen LogP contribution in [0.5, 0.6) is 0 Å². The van der Waals surface area contributed by atoms with Crippen molar-refractivity contribution in [3.8, 4) is 0 Å². The molecule has 4 heteroatoms. The summed E-state index contributed by atoms with van der Waals surface area (Å²) < 4.78 is 0. The summed E-state index contributed by atoms with van der Waals surface area (Å²) in [5.41, 5.74) is 0.651. The Morgan fingerprint density at radius 1 is 1.40 bits per heavy atom. The highest BCUT2D eigenvalue weighted by Gasteiger charge is 2.13. The first-order valence-corrected chi connectivity index (χ1v) is 6.16. The highest BCUT2D eigenvalue weighted by Crippen LogP contribution is 2.19. The van der Waals surface area contributed by atoms with E-state index in [1.165, 1.54) is 30.6 Å². The molecule has 0 amide bonds. The standard InChI is InChI=1S/C11H17NO2S/c1-3-4-5-6-7-9-12-8(2)10(15-9)11(13)14/h3-7H2,1-2H3,(H,13,14). The van der Waals surface area contributed by atoms with Gasteiger partial charge >= 0.3 is 5.97 Å². The zero-order valence-electron chi connectivity index (χ0n) is 9.25. The monoisotopic (exact) mass is 227 g/mol. The van der Waals surface area contributed by atoms with Gasteiger partial charge in [-0.3, -0.25) is 0 Å². The van der Waals surface area contributed by atoms with Crippen molar-refractivity contribution in [1.82, 2.24) is 4.98 Å². The molecular weight excluding hydrogens is 210 g/mol. The molecule has 3 nitrogen and oxygen atoms in total. The smallest absolute Gasteiger partial charge is 0.347 e. The third-order valence-corrected chi connectivity index (χ3v) is 3.48. The molecule has 0 aliphatic heterocycles. The minimum Gasteiger partial charge on any atom is -0.477 e. The van der Waals surface area contributed by atoms with Gasteiger partial charge in [0.1, 0.15) is 4.88 Å². The maximum atomic E-state index is 10.8. The summed E-state index contributed by atoms with van der Waals surface area (Å²) in [5, 5.41) is 9.82. The van der Waals surface area contributed by atoms with Gasteiger partial charge in [0.15, 0.2) is 0 Å². The Kier molecular flexibility index (Phi) is 4.75. The van der Waals surface area contributed by atoms with Crippen LogP contribution in [0.2, 0.25) is 0 Å². The van der Waals surface area contributed by atoms with E-state index < -0.39 is 5.97 Å². The molecule has 0 spiro atoms. The lowest BCUT2D eigenvalue weighted by Gasteiger charge is -1.95. The van der Waals surface area contributed by atoms with Gasteiger partial charge in [-0.1, -0.05) is 26.2 Å². The molecule has 0 fully saturated rings. The van der Waals surface area contributed by atoms with Gasteiger partial charge < -0.3 is 5.11 Å². The third kappa shape index (κ3) is 3.63. The topological polar surface area (TPSA) is 50.2 Å². The fourth-order valence-corrected chi connectivity index (χ4v) is 2.41. The number of aromatic nitrogens is 1. The normalized spacial score (nSPS) is 10.5. The first kappa shape index (κ1) is 12.2. The van der Waals surface area contributed by atoms with E-state index in [9.17, 15) is 4.79 Å². The second kappa shape index (κ2) is 5.85. The number of carboxylic acids is 1. The van der Waals surface area contributed by atoms with Crippen molar-refractivity contribution in [2.45, 2.75) is 46.0 Å². The van der Waals surface area contributed by atoms with Gasteiger partial charge in [0.2, 0.25) is 0 Å². The third-order valence-electron chi connectivity index (χ3n) is 2.28. The lowest BCUT2D eigenvalue weighted by molar-refractivity contribution is 0.0701. The Balaban J connectivity index is 2.48. The zero-order chi connectivity index (χ0) is 11.3. The van der Waals surface area contributed by atoms with Crippen LogP contribution in [0, 0.1) is 6.92 Å². The molecule has 1 rings (SSSR count). The Bertz CT molecular complexity index is 333. The van der Waals surface area contributed by atoms with Crippen molar-refractivity contribution in [2.75, 3.05) is 0 Å². The van der Waals surface area contributed by atoms with Gasteiger partial charge in [0, 0.05) is 0 Å². The fraction of sp³-hybridized carbons (Fsp3) is 0.636. The molecule has 1 N–H and O–H groups in total. The second-order valence-electron chi connectivity index (χ2n) is 3.64. The van der Waals surface area contributed by atoms with Crippen LogP contribution >= 0.6 is 11.3 Å². The average molecular weight is 227 g/mol. The van der Waals surface area contributed by atoms with Crippen LogP contribution in [-0.4, -0.2) is 16.1 Å². The number of aryl methyl sites for hydroxylation is 2. The van der Waals surface area contributed by atoms with Crippen molar-refractivity contribution in [1.29, 1.82) is 0 Å². The molecule has 0 saturated carbocycles. The largest absolute Gasteiger partial charge is 0.477 e. The highest BCUT2D eigenvalue weighted by molar-refractivity contribution is 7.13. The summed E-state index contributed by atoms with van der Waals surface area (Å²) in [4.78, 5) is 15.4. The van der Waals surface area contributed by atoms with E-state index >= 15 is 0 Å². The molecule has 0 aliphatic carbocycles. The molecule has 0 atom stereocenters. The number of hydrogen-bond donors (Lipinski definition) is 1. The Labute approximate surface area is 94.2 Å². The lowest BCUT2D eigenvalue weighted by atomic mass is 10.2. The molecule has 0 unspecified atom stereocenters. The number of carboxylic acid groups (broad SMARTS) is 1. The molecule has 0 aromatic carbocycles. The predicted octanol–water partition coefficient (Wildman–Crippen LogP) is 3.27. The lowest BCUT2D eigenvalue weighted by Crippen LogP contribution is -1.94. The molecule has 0 saturated heterocycles. The first-order chi connectivity index (χ1) is 7.15. The maximum absolute atomic E-state index is 10.8. The van der Waals surface area contributed by atoms with Crippen LogP contribution < -0.4 is 0 Å². The molecule has 15 heavy (non-hydrogen) atoms. The predicted molar refractivity (Wildman–Crippen MR) is 61.7 cm³/mol. The molecular formula is C11H17NO2S. The molecule has 0 aliphatic rings. The summed E-state index contributed by atoms with van der Waals surface area (Å²) in [6, 6.07) is 0. The molecule has 1 heterocycles. The summed E-state index contributed by atoms with van der Waals surface area (Å²) in [6.45, 7) is 3.94. The van der Waals surface area contributed by atoms with E-state index in [0.29, 0.717) is 10.6 Å². The van der Waals surface area contributed by atoms with Crippen LogP contribution in [0.4, 0.5) is 0 Å². The summed E-state index contributed by atoms with van der Waals surface area (Å²) in [6.07, 6.45) is 5.70. The highest BCUT2D eigenvalue weighted by atomic mass is 32.1. The van der Waals surface area contributed by atoms with Crippen molar-refractivity contribution >= 4 is 17.3 Å². The Morgan fingerprint density at radius 3 is 2.67 bits per heavy atom. The Hall–Kier alpha value is -0.900. The molecule has 1 aromatic heterocycles. The SMILES string of the molecule is CCCCCCc1nc(C)c(C(=O)O)s1. The number of thiazole rings is 1. The Morgan fingerprint density at radius 2 is 2.13 bits per heavy atom. The average Bonchev–Trinajstić information content (AvgIpc) is 2.55. The number of rotatable bonds is 6. The van der Waals surface area contributed by atoms with Gasteiger partial charge in [0.05, 0.1) is 10.7 Å². The fourth-order valence-electron chi connectivity index (χ4n) is 1.46. The number of aromatic carboxylic acids is 1. The molecule has 84 valence electrons. The van der Waals surface area contributed by atoms with E-state index in [0.717, 1.165) is 17.8 Å². The number of unbranched alkanes of at least 4 members (excludes halogenated alkanes) is 3. The van der Waals surface area contributed by atoms with Crippen LogP contribution in [0.3, 0.4) is 0 Å². The molecule has 0 radical (unpaired) electrons. The number of carbonyl (C=O) groups is 1. The minimum absolute atomic E-state index is 0.389. The molecule has 1 aromatic rings. The summed E-state index contributed by atoms with van der Waals surface area (Å²) in [5.74, 6) is -0.857. The van der Waals surface area contributed by atoms with Crippen LogP contribution in [0.25, 0.3) is 0 Å². The quantitative estimate of drug-likeness (QED) is 0.759.